The number of aromatic amines is 1. The summed E-state index contributed by atoms with van der Waals surface area (Å²) in [5.74, 6) is 0. The van der Waals surface area contributed by atoms with Crippen molar-refractivity contribution in [3.8, 4) is 0 Å². The zero-order valence-corrected chi connectivity index (χ0v) is 6.07. The predicted octanol–water partition coefficient (Wildman–Crippen LogP) is 1.55. The van der Waals surface area contributed by atoms with Gasteiger partial charge in [0, 0.05) is 5.69 Å². The minimum absolute atomic E-state index is 0.123. The fourth-order valence-corrected chi connectivity index (χ4v) is 0.798. The smallest absolute Gasteiger partial charge is 0.298 e. The van der Waals surface area contributed by atoms with Crippen LogP contribution in [0.4, 0.5) is 13.2 Å². The summed E-state index contributed by atoms with van der Waals surface area (Å²) in [7, 11) is 0. The molecule has 3 nitrogen and oxygen atoms in total. The quantitative estimate of drug-likeness (QED) is 0.663. The topological polar surface area (TPSA) is 45.8 Å². The van der Waals surface area contributed by atoms with Crippen LogP contribution in [0.5, 0.6) is 0 Å². The molecule has 0 aliphatic heterocycles. The van der Waals surface area contributed by atoms with E-state index in [0.717, 1.165) is 0 Å². The summed E-state index contributed by atoms with van der Waals surface area (Å²) < 4.78 is 36.0. The van der Waals surface area contributed by atoms with Crippen LogP contribution in [0.3, 0.4) is 0 Å². The number of aryl methyl sites for hydroxylation is 1. The van der Waals surface area contributed by atoms with Crippen LogP contribution in [0.15, 0.2) is 0 Å². The number of carbonyl (C=O) groups is 1. The highest BCUT2D eigenvalue weighted by Crippen LogP contribution is 2.30. The van der Waals surface area contributed by atoms with Gasteiger partial charge in [0.15, 0.2) is 12.0 Å². The van der Waals surface area contributed by atoms with Gasteiger partial charge in [-0.1, -0.05) is 0 Å². The van der Waals surface area contributed by atoms with E-state index in [0.29, 0.717) is 0 Å². The molecule has 0 radical (unpaired) electrons. The average Bonchev–Trinajstić information content (AvgIpc) is 2.29. The first-order valence-corrected chi connectivity index (χ1v) is 3.04. The lowest BCUT2D eigenvalue weighted by Crippen LogP contribution is -2.08. The van der Waals surface area contributed by atoms with Gasteiger partial charge in [0.2, 0.25) is 0 Å². The first-order valence-electron chi connectivity index (χ1n) is 3.04. The van der Waals surface area contributed by atoms with Crippen LogP contribution in [0.2, 0.25) is 0 Å². The van der Waals surface area contributed by atoms with E-state index in [2.05, 4.69) is 10.2 Å². The fraction of sp³-hybridized carbons (Fsp3) is 0.333. The Hall–Kier alpha value is -1.33. The number of aldehydes is 1. The number of hydrogen-bond donors (Lipinski definition) is 1. The largest absolute Gasteiger partial charge is 0.435 e. The standard InChI is InChI=1S/C6H5F3N2O/c1-3-4(2-12)5(11-10-3)6(7,8)9/h2H,1H3,(H,10,11). The Kier molecular flexibility index (Phi) is 1.91. The van der Waals surface area contributed by atoms with Crippen molar-refractivity contribution in [1.82, 2.24) is 10.2 Å². The van der Waals surface area contributed by atoms with E-state index in [4.69, 9.17) is 0 Å². The lowest BCUT2D eigenvalue weighted by Gasteiger charge is -2.01. The average molecular weight is 178 g/mol. The van der Waals surface area contributed by atoms with Gasteiger partial charge in [-0.15, -0.1) is 0 Å². The maximum Gasteiger partial charge on any atom is 0.435 e. The Morgan fingerprint density at radius 3 is 2.42 bits per heavy atom. The number of alkyl halides is 3. The van der Waals surface area contributed by atoms with Crippen molar-refractivity contribution in [1.29, 1.82) is 0 Å². The third kappa shape index (κ3) is 1.32. The summed E-state index contributed by atoms with van der Waals surface area (Å²) in [4.78, 5) is 10.2. The van der Waals surface area contributed by atoms with Crippen molar-refractivity contribution >= 4 is 6.29 Å². The van der Waals surface area contributed by atoms with Gasteiger partial charge in [-0.25, -0.2) is 0 Å². The molecule has 1 heterocycles. The second-order valence-electron chi connectivity index (χ2n) is 2.23. The normalized spacial score (nSPS) is 11.7. The van der Waals surface area contributed by atoms with E-state index in [9.17, 15) is 18.0 Å². The van der Waals surface area contributed by atoms with Gasteiger partial charge < -0.3 is 0 Å². The maximum absolute atomic E-state index is 12.0. The first kappa shape index (κ1) is 8.76. The number of H-pyrrole nitrogens is 1. The maximum atomic E-state index is 12.0. The van der Waals surface area contributed by atoms with Crippen LogP contribution >= 0.6 is 0 Å². The summed E-state index contributed by atoms with van der Waals surface area (Å²) in [5.41, 5.74) is -1.46. The Morgan fingerprint density at radius 1 is 1.50 bits per heavy atom. The number of rotatable bonds is 1. The Bertz CT molecular complexity index is 302. The number of hydrogen-bond acceptors (Lipinski definition) is 2. The molecule has 1 N–H and O–H groups in total. The Morgan fingerprint density at radius 2 is 2.08 bits per heavy atom. The van der Waals surface area contributed by atoms with E-state index in [1.165, 1.54) is 6.92 Å². The van der Waals surface area contributed by atoms with Gasteiger partial charge in [0.05, 0.1) is 5.56 Å². The van der Waals surface area contributed by atoms with Crippen molar-refractivity contribution in [2.45, 2.75) is 13.1 Å². The number of aromatic nitrogens is 2. The molecule has 0 spiro atoms. The molecule has 1 aromatic rings. The van der Waals surface area contributed by atoms with Crippen LogP contribution < -0.4 is 0 Å². The molecule has 0 unspecified atom stereocenters. The molecule has 1 rings (SSSR count). The molecule has 0 fully saturated rings. The second kappa shape index (κ2) is 2.62. The van der Waals surface area contributed by atoms with E-state index in [1.54, 1.807) is 0 Å². The number of carbonyl (C=O) groups excluding carboxylic acids is 1. The molecular formula is C6H5F3N2O. The van der Waals surface area contributed by atoms with Gasteiger partial charge in [-0.05, 0) is 6.92 Å². The van der Waals surface area contributed by atoms with Gasteiger partial charge in [0.25, 0.3) is 0 Å². The van der Waals surface area contributed by atoms with Crippen LogP contribution in [-0.4, -0.2) is 16.5 Å². The molecule has 0 amide bonds. The molecule has 12 heavy (non-hydrogen) atoms. The molecule has 0 aliphatic carbocycles. The molecule has 66 valence electrons. The van der Waals surface area contributed by atoms with E-state index in [-0.39, 0.29) is 12.0 Å². The van der Waals surface area contributed by atoms with Crippen LogP contribution in [0.1, 0.15) is 21.7 Å². The van der Waals surface area contributed by atoms with Crippen LogP contribution in [-0.2, 0) is 6.18 Å². The van der Waals surface area contributed by atoms with Crippen LogP contribution in [0, 0.1) is 6.92 Å². The van der Waals surface area contributed by atoms with Gasteiger partial charge in [-0.2, -0.15) is 18.3 Å². The molecule has 0 saturated carbocycles. The van der Waals surface area contributed by atoms with Crippen molar-refractivity contribution in [3.63, 3.8) is 0 Å². The monoisotopic (exact) mass is 178 g/mol. The Labute approximate surface area is 65.6 Å². The Balaban J connectivity index is 3.25. The molecule has 0 aliphatic rings. The summed E-state index contributed by atoms with van der Waals surface area (Å²) in [6, 6.07) is 0. The lowest BCUT2D eigenvalue weighted by atomic mass is 10.2. The zero-order chi connectivity index (χ0) is 9.35. The lowest BCUT2D eigenvalue weighted by molar-refractivity contribution is -0.141. The summed E-state index contributed by atoms with van der Waals surface area (Å²) >= 11 is 0. The molecule has 0 saturated heterocycles. The van der Waals surface area contributed by atoms with E-state index >= 15 is 0 Å². The van der Waals surface area contributed by atoms with E-state index in [1.807, 2.05) is 0 Å². The first-order chi connectivity index (χ1) is 5.46. The van der Waals surface area contributed by atoms with Crippen molar-refractivity contribution in [2.24, 2.45) is 0 Å². The molecule has 1 aromatic heterocycles. The van der Waals surface area contributed by atoms with E-state index < -0.39 is 17.4 Å². The molecule has 0 aromatic carbocycles. The minimum Gasteiger partial charge on any atom is -0.298 e. The van der Waals surface area contributed by atoms with Crippen molar-refractivity contribution in [3.05, 3.63) is 17.0 Å². The molecule has 6 heteroatoms. The highest BCUT2D eigenvalue weighted by molar-refractivity contribution is 5.78. The highest BCUT2D eigenvalue weighted by atomic mass is 19.4. The fourth-order valence-electron chi connectivity index (χ4n) is 0.798. The number of halogens is 3. The van der Waals surface area contributed by atoms with Gasteiger partial charge in [-0.3, -0.25) is 9.89 Å². The minimum atomic E-state index is -4.57. The number of nitrogens with one attached hydrogen (secondary N) is 1. The zero-order valence-electron chi connectivity index (χ0n) is 6.07. The third-order valence-electron chi connectivity index (χ3n) is 1.38. The van der Waals surface area contributed by atoms with Crippen molar-refractivity contribution in [2.75, 3.05) is 0 Å². The molecule has 0 bridgehead atoms. The highest BCUT2D eigenvalue weighted by Gasteiger charge is 2.37. The van der Waals surface area contributed by atoms with Crippen molar-refractivity contribution < 1.29 is 18.0 Å². The summed E-state index contributed by atoms with van der Waals surface area (Å²) in [6.45, 7) is 1.35. The summed E-state index contributed by atoms with van der Waals surface area (Å²) in [5, 5.41) is 5.07. The second-order valence-corrected chi connectivity index (χ2v) is 2.23. The van der Waals surface area contributed by atoms with Gasteiger partial charge in [0.1, 0.15) is 0 Å². The SMILES string of the molecule is Cc1[nH]nc(C(F)(F)F)c1C=O. The molecule has 0 atom stereocenters. The summed E-state index contributed by atoms with van der Waals surface area (Å²) in [6.07, 6.45) is -4.43. The molecular weight excluding hydrogens is 173 g/mol. The predicted molar refractivity (Wildman–Crippen MR) is 33.7 cm³/mol. The third-order valence-corrected chi connectivity index (χ3v) is 1.38. The number of nitrogens with zero attached hydrogens (tertiary/aromatic N) is 1. The van der Waals surface area contributed by atoms with Crippen LogP contribution in [0.25, 0.3) is 0 Å². The van der Waals surface area contributed by atoms with Gasteiger partial charge >= 0.3 is 6.18 Å².